The van der Waals surface area contributed by atoms with E-state index in [4.69, 9.17) is 0 Å². The molecule has 1 aromatic rings. The van der Waals surface area contributed by atoms with Crippen molar-refractivity contribution in [2.24, 2.45) is 5.92 Å². The molecule has 4 nitrogen and oxygen atoms in total. The van der Waals surface area contributed by atoms with E-state index in [9.17, 15) is 0 Å². The molecule has 0 amide bonds. The second-order valence-corrected chi connectivity index (χ2v) is 6.14. The van der Waals surface area contributed by atoms with Gasteiger partial charge in [0.05, 0.1) is 0 Å². The molecular formula is C12H17IN4. The zero-order valence-corrected chi connectivity index (χ0v) is 11.9. The zero-order valence-electron chi connectivity index (χ0n) is 9.77. The van der Waals surface area contributed by atoms with Crippen LogP contribution in [-0.2, 0) is 0 Å². The number of hydrogen-bond donors (Lipinski definition) is 1. The first-order valence-electron chi connectivity index (χ1n) is 6.29. The van der Waals surface area contributed by atoms with Crippen LogP contribution in [0.25, 0.3) is 0 Å². The van der Waals surface area contributed by atoms with Crippen molar-refractivity contribution in [3.63, 3.8) is 0 Å². The van der Waals surface area contributed by atoms with Crippen molar-refractivity contribution in [1.29, 1.82) is 0 Å². The Morgan fingerprint density at radius 3 is 2.94 bits per heavy atom. The summed E-state index contributed by atoms with van der Waals surface area (Å²) in [5.41, 5.74) is 0. The standard InChI is InChI=1S/C12H17IN4/c13-10-6-15-12(16-7-10)17-5-3-11-9(8-17)2-1-4-14-11/h6-7,9,11,14H,1-5,8H2. The predicted octanol–water partition coefficient (Wildman–Crippen LogP) is 1.66. The largest absolute Gasteiger partial charge is 0.340 e. The smallest absolute Gasteiger partial charge is 0.225 e. The van der Waals surface area contributed by atoms with E-state index in [-0.39, 0.29) is 0 Å². The summed E-state index contributed by atoms with van der Waals surface area (Å²) in [5, 5.41) is 3.63. The lowest BCUT2D eigenvalue weighted by atomic mass is 9.85. The molecule has 2 aliphatic heterocycles. The van der Waals surface area contributed by atoms with E-state index in [1.54, 1.807) is 0 Å². The van der Waals surface area contributed by atoms with Crippen molar-refractivity contribution in [3.05, 3.63) is 16.0 Å². The van der Waals surface area contributed by atoms with Crippen LogP contribution in [0.1, 0.15) is 19.3 Å². The molecule has 0 radical (unpaired) electrons. The van der Waals surface area contributed by atoms with Gasteiger partial charge in [0.25, 0.3) is 0 Å². The average Bonchev–Trinajstić information content (AvgIpc) is 2.39. The molecule has 2 fully saturated rings. The lowest BCUT2D eigenvalue weighted by molar-refractivity contribution is 0.243. The number of hydrogen-bond acceptors (Lipinski definition) is 4. The van der Waals surface area contributed by atoms with Crippen LogP contribution >= 0.6 is 22.6 Å². The highest BCUT2D eigenvalue weighted by molar-refractivity contribution is 14.1. The van der Waals surface area contributed by atoms with E-state index in [0.29, 0.717) is 0 Å². The zero-order chi connectivity index (χ0) is 11.7. The Bertz CT molecular complexity index is 381. The van der Waals surface area contributed by atoms with Gasteiger partial charge in [-0.1, -0.05) is 0 Å². The Balaban J connectivity index is 1.71. The number of aromatic nitrogens is 2. The third-order valence-electron chi connectivity index (χ3n) is 3.78. The van der Waals surface area contributed by atoms with E-state index in [0.717, 1.165) is 34.6 Å². The highest BCUT2D eigenvalue weighted by Crippen LogP contribution is 2.26. The van der Waals surface area contributed by atoms with Crippen molar-refractivity contribution in [2.45, 2.75) is 25.3 Å². The summed E-state index contributed by atoms with van der Waals surface area (Å²) in [4.78, 5) is 11.2. The monoisotopic (exact) mass is 344 g/mol. The van der Waals surface area contributed by atoms with Gasteiger partial charge in [-0.05, 0) is 54.3 Å². The molecule has 3 rings (SSSR count). The number of fused-ring (bicyclic) bond motifs is 1. The maximum atomic E-state index is 4.43. The molecule has 0 aliphatic carbocycles. The molecule has 2 unspecified atom stereocenters. The molecule has 5 heteroatoms. The van der Waals surface area contributed by atoms with Crippen LogP contribution < -0.4 is 10.2 Å². The van der Waals surface area contributed by atoms with Crippen LogP contribution in [0.2, 0.25) is 0 Å². The maximum Gasteiger partial charge on any atom is 0.225 e. The van der Waals surface area contributed by atoms with Gasteiger partial charge in [0.15, 0.2) is 0 Å². The van der Waals surface area contributed by atoms with E-state index < -0.39 is 0 Å². The fourth-order valence-corrected chi connectivity index (χ4v) is 3.17. The van der Waals surface area contributed by atoms with Gasteiger partial charge in [0.2, 0.25) is 5.95 Å². The van der Waals surface area contributed by atoms with Gasteiger partial charge in [-0.15, -0.1) is 0 Å². The number of anilines is 1. The minimum absolute atomic E-state index is 0.726. The minimum atomic E-state index is 0.726. The summed E-state index contributed by atoms with van der Waals surface area (Å²) in [6, 6.07) is 0.726. The summed E-state index contributed by atoms with van der Waals surface area (Å²) >= 11 is 2.24. The second-order valence-electron chi connectivity index (χ2n) is 4.90. The molecule has 2 atom stereocenters. The van der Waals surface area contributed by atoms with Crippen molar-refractivity contribution >= 4 is 28.5 Å². The summed E-state index contributed by atoms with van der Waals surface area (Å²) in [6.45, 7) is 3.38. The number of halogens is 1. The fraction of sp³-hybridized carbons (Fsp3) is 0.667. The Kier molecular flexibility index (Phi) is 3.46. The molecular weight excluding hydrogens is 327 g/mol. The van der Waals surface area contributed by atoms with E-state index in [1.165, 1.54) is 25.8 Å². The number of nitrogens with zero attached hydrogens (tertiary/aromatic N) is 3. The molecule has 0 aromatic carbocycles. The molecule has 3 heterocycles. The molecule has 2 aliphatic rings. The molecule has 0 spiro atoms. The Morgan fingerprint density at radius 1 is 1.29 bits per heavy atom. The van der Waals surface area contributed by atoms with Gasteiger partial charge in [0, 0.05) is 35.1 Å². The second kappa shape index (κ2) is 5.06. The van der Waals surface area contributed by atoms with Crippen LogP contribution in [0, 0.1) is 9.49 Å². The van der Waals surface area contributed by atoms with Gasteiger partial charge in [-0.25, -0.2) is 9.97 Å². The highest BCUT2D eigenvalue weighted by atomic mass is 127. The fourth-order valence-electron chi connectivity index (χ4n) is 2.90. The average molecular weight is 344 g/mol. The first-order valence-corrected chi connectivity index (χ1v) is 7.37. The van der Waals surface area contributed by atoms with Gasteiger partial charge in [0.1, 0.15) is 0 Å². The Labute approximate surface area is 115 Å². The van der Waals surface area contributed by atoms with E-state index >= 15 is 0 Å². The van der Waals surface area contributed by atoms with Crippen molar-refractivity contribution in [1.82, 2.24) is 15.3 Å². The lowest BCUT2D eigenvalue weighted by Gasteiger charge is -2.41. The molecule has 17 heavy (non-hydrogen) atoms. The summed E-state index contributed by atoms with van der Waals surface area (Å²) in [7, 11) is 0. The van der Waals surface area contributed by atoms with Crippen molar-refractivity contribution < 1.29 is 0 Å². The Morgan fingerprint density at radius 2 is 2.12 bits per heavy atom. The topological polar surface area (TPSA) is 41.1 Å². The first-order chi connectivity index (χ1) is 8.33. The predicted molar refractivity (Wildman–Crippen MR) is 76.1 cm³/mol. The van der Waals surface area contributed by atoms with Crippen LogP contribution in [0.15, 0.2) is 12.4 Å². The molecule has 0 saturated carbocycles. The molecule has 2 saturated heterocycles. The van der Waals surface area contributed by atoms with Gasteiger partial charge >= 0.3 is 0 Å². The number of rotatable bonds is 1. The summed E-state index contributed by atoms with van der Waals surface area (Å²) in [5.74, 6) is 1.68. The number of nitrogens with one attached hydrogen (secondary N) is 1. The number of piperidine rings is 2. The van der Waals surface area contributed by atoms with Crippen molar-refractivity contribution in [2.75, 3.05) is 24.5 Å². The van der Waals surface area contributed by atoms with Gasteiger partial charge < -0.3 is 10.2 Å². The van der Waals surface area contributed by atoms with Gasteiger partial charge in [-0.2, -0.15) is 0 Å². The normalized spacial score (nSPS) is 28.9. The molecule has 1 aromatic heterocycles. The van der Waals surface area contributed by atoms with Gasteiger partial charge in [-0.3, -0.25) is 0 Å². The maximum absolute atomic E-state index is 4.43. The minimum Gasteiger partial charge on any atom is -0.340 e. The van der Waals surface area contributed by atoms with Crippen molar-refractivity contribution in [3.8, 4) is 0 Å². The summed E-state index contributed by atoms with van der Waals surface area (Å²) in [6.07, 6.45) is 7.67. The first kappa shape index (κ1) is 11.6. The van der Waals surface area contributed by atoms with E-state index in [1.807, 2.05) is 12.4 Å². The van der Waals surface area contributed by atoms with Crippen LogP contribution in [-0.4, -0.2) is 35.6 Å². The molecule has 1 N–H and O–H groups in total. The Hall–Kier alpha value is -0.430. The summed E-state index contributed by atoms with van der Waals surface area (Å²) < 4.78 is 1.10. The highest BCUT2D eigenvalue weighted by Gasteiger charge is 2.31. The SMILES string of the molecule is Ic1cnc(N2CCC3NCCCC3C2)nc1. The van der Waals surface area contributed by atoms with Crippen LogP contribution in [0.5, 0.6) is 0 Å². The third kappa shape index (κ3) is 2.54. The van der Waals surface area contributed by atoms with E-state index in [2.05, 4.69) is 42.8 Å². The van der Waals surface area contributed by atoms with Crippen LogP contribution in [0.4, 0.5) is 5.95 Å². The lowest BCUT2D eigenvalue weighted by Crippen LogP contribution is -2.52. The molecule has 92 valence electrons. The van der Waals surface area contributed by atoms with Crippen LogP contribution in [0.3, 0.4) is 0 Å². The third-order valence-corrected chi connectivity index (χ3v) is 4.34. The molecule has 0 bridgehead atoms. The quantitative estimate of drug-likeness (QED) is 0.787.